The molecule has 124 valence electrons. The lowest BCUT2D eigenvalue weighted by atomic mass is 9.54. The second kappa shape index (κ2) is 5.17. The molecule has 23 heavy (non-hydrogen) atoms. The number of fused-ring (bicyclic) bond motifs is 1. The van der Waals surface area contributed by atoms with E-state index in [-0.39, 0.29) is 22.9 Å². The van der Waals surface area contributed by atoms with Crippen LogP contribution in [0.3, 0.4) is 0 Å². The number of benzene rings is 1. The van der Waals surface area contributed by atoms with Crippen molar-refractivity contribution in [3.63, 3.8) is 0 Å². The van der Waals surface area contributed by atoms with Crippen LogP contribution >= 0.6 is 0 Å². The standard InChI is InChI=1S/C21H28O2/c1-14-11-17(22)18-20(2,3)19(16-9-10-21(14,18)12-16)23-13-15-7-5-4-6-8-15/h4-8,14,16,18-19H,9-13H2,1-3H3/t14?,16-,18-,19-,21+/m0/s1. The molecular formula is C21H28O2. The summed E-state index contributed by atoms with van der Waals surface area (Å²) >= 11 is 0. The highest BCUT2D eigenvalue weighted by Gasteiger charge is 2.67. The van der Waals surface area contributed by atoms with Crippen LogP contribution in [0, 0.1) is 28.6 Å². The van der Waals surface area contributed by atoms with Crippen LogP contribution in [0.15, 0.2) is 30.3 Å². The first-order valence-electron chi connectivity index (χ1n) is 9.13. The van der Waals surface area contributed by atoms with E-state index in [1.807, 2.05) is 6.07 Å². The molecule has 2 nitrogen and oxygen atoms in total. The largest absolute Gasteiger partial charge is 0.373 e. The molecule has 2 heteroatoms. The van der Waals surface area contributed by atoms with Crippen LogP contribution < -0.4 is 0 Å². The van der Waals surface area contributed by atoms with Crippen LogP contribution in [0.2, 0.25) is 0 Å². The van der Waals surface area contributed by atoms with Crippen LogP contribution in [0.4, 0.5) is 0 Å². The molecule has 0 saturated heterocycles. The van der Waals surface area contributed by atoms with Crippen LogP contribution in [0.25, 0.3) is 0 Å². The second-order valence-corrected chi connectivity index (χ2v) is 8.78. The van der Waals surface area contributed by atoms with Crippen molar-refractivity contribution in [1.29, 1.82) is 0 Å². The van der Waals surface area contributed by atoms with Gasteiger partial charge in [-0.05, 0) is 42.1 Å². The van der Waals surface area contributed by atoms with Gasteiger partial charge in [0.15, 0.2) is 0 Å². The van der Waals surface area contributed by atoms with E-state index in [1.54, 1.807) is 0 Å². The van der Waals surface area contributed by atoms with Gasteiger partial charge in [-0.2, -0.15) is 0 Å². The van der Waals surface area contributed by atoms with E-state index in [4.69, 9.17) is 4.74 Å². The van der Waals surface area contributed by atoms with Crippen molar-refractivity contribution in [1.82, 2.24) is 0 Å². The normalized spacial score (nSPS) is 41.1. The van der Waals surface area contributed by atoms with E-state index < -0.39 is 0 Å². The summed E-state index contributed by atoms with van der Waals surface area (Å²) in [4.78, 5) is 12.8. The molecule has 1 aromatic rings. The predicted molar refractivity (Wildman–Crippen MR) is 90.9 cm³/mol. The lowest BCUT2D eigenvalue weighted by molar-refractivity contribution is -0.155. The summed E-state index contributed by atoms with van der Waals surface area (Å²) in [5.41, 5.74) is 1.46. The molecule has 0 aromatic heterocycles. The van der Waals surface area contributed by atoms with Gasteiger partial charge in [-0.25, -0.2) is 0 Å². The highest BCUT2D eigenvalue weighted by Crippen LogP contribution is 2.68. The second-order valence-electron chi connectivity index (χ2n) is 8.78. The van der Waals surface area contributed by atoms with Gasteiger partial charge in [0.25, 0.3) is 0 Å². The first-order chi connectivity index (χ1) is 10.9. The van der Waals surface area contributed by atoms with Crippen molar-refractivity contribution in [2.24, 2.45) is 28.6 Å². The molecule has 3 aliphatic carbocycles. The monoisotopic (exact) mass is 312 g/mol. The summed E-state index contributed by atoms with van der Waals surface area (Å²) in [6.07, 6.45) is 4.65. The molecule has 1 unspecified atom stereocenters. The Labute approximate surface area is 139 Å². The molecule has 0 heterocycles. The van der Waals surface area contributed by atoms with Gasteiger partial charge in [0.1, 0.15) is 5.78 Å². The molecule has 3 fully saturated rings. The fourth-order valence-corrected chi connectivity index (χ4v) is 6.38. The fraction of sp³-hybridized carbons (Fsp3) is 0.667. The Morgan fingerprint density at radius 2 is 1.96 bits per heavy atom. The van der Waals surface area contributed by atoms with E-state index in [0.29, 0.717) is 24.2 Å². The van der Waals surface area contributed by atoms with Gasteiger partial charge in [-0.15, -0.1) is 0 Å². The SMILES string of the molecule is CC1CC(=O)[C@H]2C(C)(C)[C@@H](OCc3ccccc3)[C@H]3CC[C@@]12C3. The third-order valence-corrected chi connectivity index (χ3v) is 7.19. The molecule has 3 aliphatic rings. The van der Waals surface area contributed by atoms with E-state index in [2.05, 4.69) is 45.0 Å². The van der Waals surface area contributed by atoms with Crippen molar-refractivity contribution < 1.29 is 9.53 Å². The lowest BCUT2D eigenvalue weighted by Crippen LogP contribution is -2.53. The Morgan fingerprint density at radius 1 is 1.22 bits per heavy atom. The molecule has 0 radical (unpaired) electrons. The number of rotatable bonds is 3. The predicted octanol–water partition coefficient (Wildman–Crippen LogP) is 4.62. The number of hydrogen-bond donors (Lipinski definition) is 0. The molecule has 2 bridgehead atoms. The number of ketones is 1. The summed E-state index contributed by atoms with van der Waals surface area (Å²) in [6, 6.07) is 10.4. The number of Topliss-reactive ketones (excluding diaryl/α,β-unsaturated/α-hetero) is 1. The van der Waals surface area contributed by atoms with Gasteiger partial charge < -0.3 is 4.74 Å². The van der Waals surface area contributed by atoms with Gasteiger partial charge in [-0.3, -0.25) is 4.79 Å². The maximum atomic E-state index is 12.8. The van der Waals surface area contributed by atoms with Gasteiger partial charge in [0.2, 0.25) is 0 Å². The Hall–Kier alpha value is -1.15. The van der Waals surface area contributed by atoms with Crippen LogP contribution in [0.1, 0.15) is 52.0 Å². The van der Waals surface area contributed by atoms with Gasteiger partial charge in [0, 0.05) is 17.8 Å². The molecule has 0 aliphatic heterocycles. The summed E-state index contributed by atoms with van der Waals surface area (Å²) in [5.74, 6) is 1.87. The molecule has 5 atom stereocenters. The number of carbonyl (C=O) groups is 1. The zero-order valence-electron chi connectivity index (χ0n) is 14.5. The van der Waals surface area contributed by atoms with Gasteiger partial charge in [-0.1, -0.05) is 51.1 Å². The zero-order valence-corrected chi connectivity index (χ0v) is 14.5. The average molecular weight is 312 g/mol. The summed E-state index contributed by atoms with van der Waals surface area (Å²) in [5, 5.41) is 0. The van der Waals surface area contributed by atoms with Crippen molar-refractivity contribution in [3.8, 4) is 0 Å². The smallest absolute Gasteiger partial charge is 0.137 e. The minimum atomic E-state index is -0.0456. The highest BCUT2D eigenvalue weighted by atomic mass is 16.5. The molecule has 0 N–H and O–H groups in total. The Morgan fingerprint density at radius 3 is 2.70 bits per heavy atom. The number of hydrogen-bond acceptors (Lipinski definition) is 2. The molecule has 1 aromatic carbocycles. The Bertz CT molecular complexity index is 606. The topological polar surface area (TPSA) is 26.3 Å². The third-order valence-electron chi connectivity index (χ3n) is 7.19. The molecular weight excluding hydrogens is 284 g/mol. The summed E-state index contributed by atoms with van der Waals surface area (Å²) in [6.45, 7) is 7.54. The minimum Gasteiger partial charge on any atom is -0.373 e. The fourth-order valence-electron chi connectivity index (χ4n) is 6.38. The van der Waals surface area contributed by atoms with Crippen molar-refractivity contribution in [2.75, 3.05) is 0 Å². The first-order valence-corrected chi connectivity index (χ1v) is 9.13. The quantitative estimate of drug-likeness (QED) is 0.814. The van der Waals surface area contributed by atoms with Crippen LogP contribution in [0.5, 0.6) is 0 Å². The summed E-state index contributed by atoms with van der Waals surface area (Å²) in [7, 11) is 0. The maximum Gasteiger partial charge on any atom is 0.137 e. The van der Waals surface area contributed by atoms with E-state index in [1.165, 1.54) is 24.8 Å². The van der Waals surface area contributed by atoms with Crippen molar-refractivity contribution in [3.05, 3.63) is 35.9 Å². The molecule has 3 saturated carbocycles. The van der Waals surface area contributed by atoms with Gasteiger partial charge >= 0.3 is 0 Å². The highest BCUT2D eigenvalue weighted by molar-refractivity contribution is 5.86. The Balaban J connectivity index is 1.60. The first kappa shape index (κ1) is 15.4. The van der Waals surface area contributed by atoms with Crippen molar-refractivity contribution in [2.45, 2.75) is 59.2 Å². The number of ether oxygens (including phenoxy) is 1. The number of carbonyl (C=O) groups excluding carboxylic acids is 1. The maximum absolute atomic E-state index is 12.8. The van der Waals surface area contributed by atoms with E-state index >= 15 is 0 Å². The minimum absolute atomic E-state index is 0.0456. The molecule has 1 spiro atoms. The molecule has 0 amide bonds. The molecule has 4 rings (SSSR count). The Kier molecular flexibility index (Phi) is 3.46. The zero-order chi connectivity index (χ0) is 16.2. The van der Waals surface area contributed by atoms with Crippen LogP contribution in [-0.2, 0) is 16.1 Å². The van der Waals surface area contributed by atoms with E-state index in [0.717, 1.165) is 6.42 Å². The average Bonchev–Trinajstić information content (AvgIpc) is 3.01. The summed E-state index contributed by atoms with van der Waals surface area (Å²) < 4.78 is 6.45. The van der Waals surface area contributed by atoms with Crippen LogP contribution in [-0.4, -0.2) is 11.9 Å². The lowest BCUT2D eigenvalue weighted by Gasteiger charge is -2.52. The van der Waals surface area contributed by atoms with E-state index in [9.17, 15) is 4.79 Å². The van der Waals surface area contributed by atoms with Crippen molar-refractivity contribution >= 4 is 5.78 Å². The third kappa shape index (κ3) is 2.14. The van der Waals surface area contributed by atoms with Gasteiger partial charge in [0.05, 0.1) is 12.7 Å².